The average molecular weight is 979 g/mol. The van der Waals surface area contributed by atoms with Gasteiger partial charge in [-0.15, -0.1) is 0 Å². The van der Waals surface area contributed by atoms with Gasteiger partial charge in [0.2, 0.25) is 0 Å². The van der Waals surface area contributed by atoms with Crippen molar-refractivity contribution in [3.8, 4) is 34.5 Å². The zero-order valence-electron chi connectivity index (χ0n) is 37.7. The van der Waals surface area contributed by atoms with Gasteiger partial charge in [-0.1, -0.05) is 0 Å². The molecule has 0 fully saturated rings. The van der Waals surface area contributed by atoms with Crippen LogP contribution in [0.3, 0.4) is 0 Å². The van der Waals surface area contributed by atoms with E-state index in [4.69, 9.17) is 28.4 Å². The topological polar surface area (TPSA) is 279 Å². The minimum absolute atomic E-state index is 0.00181. The predicted octanol–water partition coefficient (Wildman–Crippen LogP) is 9.35. The number of carbonyl (C=O) groups is 6. The van der Waals surface area contributed by atoms with Crippen LogP contribution in [-0.4, -0.2) is 66.5 Å². The molecular formula is C54H42O18. The molecule has 7 aromatic carbocycles. The molecule has 0 heterocycles. The molecule has 72 heavy (non-hydrogen) atoms. The summed E-state index contributed by atoms with van der Waals surface area (Å²) in [5.74, 6) is -5.39. The molecule has 0 amide bonds. The summed E-state index contributed by atoms with van der Waals surface area (Å²) in [4.78, 5) is 70.4. The van der Waals surface area contributed by atoms with E-state index in [0.29, 0.717) is 33.4 Å². The SMILES string of the molecule is O=C(O)c1ccc(OCc2c(COc3ccc(C(=O)O)cc3)c(COc3ccc(C(=O)O)cc3)c(COc3ccc(C(=O)O)cc3)c(COc3ccc(C(=O)O)cc3)c2COc2ccc(C(=O)O)cc2)cc1. The lowest BCUT2D eigenvalue weighted by Crippen LogP contribution is -2.21. The smallest absolute Gasteiger partial charge is 0.335 e. The minimum Gasteiger partial charge on any atom is -0.489 e. The first-order valence-corrected chi connectivity index (χ1v) is 21.6. The Bertz CT molecular complexity index is 2530. The van der Waals surface area contributed by atoms with Crippen LogP contribution in [0.15, 0.2) is 146 Å². The average Bonchev–Trinajstić information content (AvgIpc) is 3.38. The Morgan fingerprint density at radius 2 is 0.333 bits per heavy atom. The molecule has 0 bridgehead atoms. The Morgan fingerprint density at radius 3 is 0.431 bits per heavy atom. The fraction of sp³-hybridized carbons (Fsp3) is 0.111. The molecule has 0 radical (unpaired) electrons. The van der Waals surface area contributed by atoms with Gasteiger partial charge in [-0.3, -0.25) is 0 Å². The second-order valence-corrected chi connectivity index (χ2v) is 15.6. The number of rotatable bonds is 24. The Morgan fingerprint density at radius 1 is 0.222 bits per heavy atom. The molecule has 0 aliphatic heterocycles. The predicted molar refractivity (Wildman–Crippen MR) is 253 cm³/mol. The third kappa shape index (κ3) is 12.8. The number of aromatic carboxylic acids is 6. The van der Waals surface area contributed by atoms with Crippen molar-refractivity contribution in [3.63, 3.8) is 0 Å². The molecule has 0 saturated carbocycles. The van der Waals surface area contributed by atoms with Crippen molar-refractivity contribution < 1.29 is 87.8 Å². The van der Waals surface area contributed by atoms with Crippen LogP contribution in [-0.2, 0) is 39.6 Å². The molecule has 0 aromatic heterocycles. The highest BCUT2D eigenvalue weighted by molar-refractivity contribution is 5.90. The van der Waals surface area contributed by atoms with Crippen molar-refractivity contribution in [2.75, 3.05) is 0 Å². The quantitative estimate of drug-likeness (QED) is 0.0329. The van der Waals surface area contributed by atoms with E-state index in [0.717, 1.165) is 0 Å². The number of carboxylic acid groups (broad SMARTS) is 6. The van der Waals surface area contributed by atoms with E-state index in [1.807, 2.05) is 0 Å². The van der Waals surface area contributed by atoms with Gasteiger partial charge in [-0.2, -0.15) is 0 Å². The summed E-state index contributed by atoms with van der Waals surface area (Å²) >= 11 is 0. The van der Waals surface area contributed by atoms with Gasteiger partial charge < -0.3 is 59.1 Å². The monoisotopic (exact) mass is 978 g/mol. The fourth-order valence-corrected chi connectivity index (χ4v) is 7.23. The zero-order chi connectivity index (χ0) is 51.3. The summed E-state index contributed by atoms with van der Waals surface area (Å²) in [5, 5.41) is 57.5. The lowest BCUT2D eigenvalue weighted by atomic mass is 9.87. The largest absolute Gasteiger partial charge is 0.489 e. The highest BCUT2D eigenvalue weighted by atomic mass is 16.5. The van der Waals surface area contributed by atoms with Crippen molar-refractivity contribution in [2.24, 2.45) is 0 Å². The van der Waals surface area contributed by atoms with E-state index in [1.165, 1.54) is 146 Å². The molecule has 366 valence electrons. The first-order chi connectivity index (χ1) is 34.6. The maximum Gasteiger partial charge on any atom is 0.335 e. The lowest BCUT2D eigenvalue weighted by Gasteiger charge is -2.27. The zero-order valence-corrected chi connectivity index (χ0v) is 37.7. The number of hydrogen-bond donors (Lipinski definition) is 6. The van der Waals surface area contributed by atoms with Crippen LogP contribution in [0.25, 0.3) is 0 Å². The maximum atomic E-state index is 11.7. The summed E-state index contributed by atoms with van der Waals surface area (Å²) in [7, 11) is 0. The highest BCUT2D eigenvalue weighted by Gasteiger charge is 2.27. The lowest BCUT2D eigenvalue weighted by molar-refractivity contribution is 0.0686. The second kappa shape index (κ2) is 23.0. The van der Waals surface area contributed by atoms with Crippen molar-refractivity contribution in [1.82, 2.24) is 0 Å². The first kappa shape index (κ1) is 50.0. The molecule has 7 aromatic rings. The summed E-state index contributed by atoms with van der Waals surface area (Å²) in [6, 6.07) is 34.0. The molecule has 6 N–H and O–H groups in total. The molecule has 18 heteroatoms. The van der Waals surface area contributed by atoms with Gasteiger partial charge in [-0.05, 0) is 146 Å². The van der Waals surface area contributed by atoms with Crippen LogP contribution < -0.4 is 28.4 Å². The molecule has 0 spiro atoms. The minimum atomic E-state index is -1.16. The summed E-state index contributed by atoms with van der Waals surface area (Å²) in [6.07, 6.45) is 0. The normalized spacial score (nSPS) is 10.7. The van der Waals surface area contributed by atoms with Crippen LogP contribution in [0.4, 0.5) is 0 Å². The molecule has 0 aliphatic carbocycles. The molecule has 7 rings (SSSR count). The summed E-state index contributed by atoms with van der Waals surface area (Å²) < 4.78 is 38.4. The molecular weight excluding hydrogens is 937 g/mol. The number of hydrogen-bond acceptors (Lipinski definition) is 12. The highest BCUT2D eigenvalue weighted by Crippen LogP contribution is 2.36. The van der Waals surface area contributed by atoms with E-state index in [9.17, 15) is 59.4 Å². The van der Waals surface area contributed by atoms with E-state index in [1.54, 1.807) is 0 Å². The van der Waals surface area contributed by atoms with Gasteiger partial charge in [0.15, 0.2) is 0 Å². The molecule has 0 atom stereocenters. The van der Waals surface area contributed by atoms with Crippen molar-refractivity contribution in [1.29, 1.82) is 0 Å². The number of carboxylic acids is 6. The summed E-state index contributed by atoms with van der Waals surface area (Å²) in [6.45, 7) is -1.51. The van der Waals surface area contributed by atoms with E-state index in [2.05, 4.69) is 0 Å². The maximum absolute atomic E-state index is 11.7. The van der Waals surface area contributed by atoms with Crippen LogP contribution in [0.2, 0.25) is 0 Å². The van der Waals surface area contributed by atoms with E-state index >= 15 is 0 Å². The Kier molecular flexibility index (Phi) is 16.0. The fourth-order valence-electron chi connectivity index (χ4n) is 7.23. The Hall–Kier alpha value is -9.84. The third-order valence-corrected chi connectivity index (χ3v) is 11.1. The van der Waals surface area contributed by atoms with Crippen LogP contribution in [0.1, 0.15) is 95.5 Å². The molecule has 0 saturated heterocycles. The van der Waals surface area contributed by atoms with Gasteiger partial charge in [-0.25, -0.2) is 28.8 Å². The van der Waals surface area contributed by atoms with E-state index in [-0.39, 0.29) is 108 Å². The van der Waals surface area contributed by atoms with Gasteiger partial charge in [0.05, 0.1) is 33.4 Å². The van der Waals surface area contributed by atoms with Crippen LogP contribution in [0, 0.1) is 0 Å². The Balaban J connectivity index is 1.45. The van der Waals surface area contributed by atoms with Gasteiger partial charge >= 0.3 is 35.8 Å². The van der Waals surface area contributed by atoms with Crippen LogP contribution in [0.5, 0.6) is 34.5 Å². The molecule has 18 nitrogen and oxygen atoms in total. The van der Waals surface area contributed by atoms with Crippen LogP contribution >= 0.6 is 0 Å². The number of ether oxygens (including phenoxy) is 6. The van der Waals surface area contributed by atoms with Crippen molar-refractivity contribution >= 4 is 35.8 Å². The molecule has 0 aliphatic rings. The number of benzene rings is 7. The Labute approximate surface area is 409 Å². The summed E-state index contributed by atoms with van der Waals surface area (Å²) in [5.41, 5.74) is 2.57. The first-order valence-electron chi connectivity index (χ1n) is 21.6. The standard InChI is InChI=1S/C54H42O18/c55-49(56)31-1-13-37(14-2-31)67-25-43-44(26-68-38-15-3-32(4-16-38)50(57)58)46(28-70-40-19-7-34(8-20-40)52(61)62)48(30-72-42-23-11-36(12-24-42)54(65)66)47(29-71-41-21-9-35(10-22-41)53(63)64)45(43)27-69-39-17-5-33(6-18-39)51(59)60/h1-24H,25-30H2,(H,55,56)(H,57,58)(H,59,60)(H,61,62)(H,63,64)(H,65,66). The van der Waals surface area contributed by atoms with Gasteiger partial charge in [0.1, 0.15) is 74.1 Å². The third-order valence-electron chi connectivity index (χ3n) is 11.1. The molecule has 0 unspecified atom stereocenters. The van der Waals surface area contributed by atoms with Crippen molar-refractivity contribution in [3.05, 3.63) is 212 Å². The van der Waals surface area contributed by atoms with Gasteiger partial charge in [0, 0.05) is 33.4 Å². The van der Waals surface area contributed by atoms with Crippen molar-refractivity contribution in [2.45, 2.75) is 39.6 Å². The van der Waals surface area contributed by atoms with Gasteiger partial charge in [0.25, 0.3) is 0 Å². The second-order valence-electron chi connectivity index (χ2n) is 15.6. The van der Waals surface area contributed by atoms with E-state index < -0.39 is 35.8 Å².